The molecule has 4 aromatic heterocycles. The molecule has 0 saturated carbocycles. The van der Waals surface area contributed by atoms with Crippen LogP contribution < -0.4 is 5.32 Å². The first-order valence-electron chi connectivity index (χ1n) is 21.6. The first-order valence-corrected chi connectivity index (χ1v) is 22.4. The molecule has 1 N–H and O–H groups in total. The van der Waals surface area contributed by atoms with Gasteiger partial charge < -0.3 is 18.9 Å². The number of hydrogen-bond donors (Lipinski definition) is 1. The molecule has 64 heavy (non-hydrogen) atoms. The number of furan rings is 1. The zero-order chi connectivity index (χ0) is 41.9. The molecule has 7 heteroatoms. The van der Waals surface area contributed by atoms with Crippen LogP contribution >= 0.6 is 11.3 Å². The summed E-state index contributed by atoms with van der Waals surface area (Å²) in [4.78, 5) is 10.8. The van der Waals surface area contributed by atoms with Crippen LogP contribution in [0.15, 0.2) is 215 Å². The van der Waals surface area contributed by atoms with Gasteiger partial charge in [-0.05, 0) is 60.2 Å². The molecular weight excluding hydrogens is 803 g/mol. The van der Waals surface area contributed by atoms with Crippen molar-refractivity contribution in [3.63, 3.8) is 0 Å². The Balaban J connectivity index is 1.08. The molecule has 14 rings (SSSR count). The van der Waals surface area contributed by atoms with Crippen LogP contribution in [0.2, 0.25) is 0 Å². The summed E-state index contributed by atoms with van der Waals surface area (Å²) in [7, 11) is 0. The van der Waals surface area contributed by atoms with Gasteiger partial charge in [-0.15, -0.1) is 11.3 Å². The monoisotopic (exact) mass is 837 g/mol. The molecule has 9 aromatic carbocycles. The van der Waals surface area contributed by atoms with Gasteiger partial charge in [-0.25, -0.2) is 9.98 Å². The largest absolute Gasteiger partial charge is 0.456 e. The number of nitrogens with one attached hydrogen (secondary N) is 1. The van der Waals surface area contributed by atoms with Crippen molar-refractivity contribution in [2.75, 3.05) is 0 Å². The van der Waals surface area contributed by atoms with Gasteiger partial charge in [-0.2, -0.15) is 0 Å². The first-order chi connectivity index (χ1) is 31.7. The highest BCUT2D eigenvalue weighted by molar-refractivity contribution is 7.25. The van der Waals surface area contributed by atoms with Gasteiger partial charge in [0, 0.05) is 63.9 Å². The summed E-state index contributed by atoms with van der Waals surface area (Å²) < 4.78 is 14.3. The number of fused-ring (bicyclic) bond motifs is 13. The Morgan fingerprint density at radius 1 is 0.469 bits per heavy atom. The summed E-state index contributed by atoms with van der Waals surface area (Å²) in [5.74, 6) is 1.40. The molecule has 1 atom stereocenters. The average molecular weight is 838 g/mol. The van der Waals surface area contributed by atoms with E-state index in [1.165, 1.54) is 41.7 Å². The number of aromatic nitrogens is 2. The Hall–Kier alpha value is -8.26. The maximum atomic E-state index is 6.84. The molecule has 13 aromatic rings. The smallest absolute Gasteiger partial charge is 0.159 e. The maximum absolute atomic E-state index is 6.84. The summed E-state index contributed by atoms with van der Waals surface area (Å²) in [5, 5.41) is 13.1. The second kappa shape index (κ2) is 13.6. The van der Waals surface area contributed by atoms with Crippen molar-refractivity contribution in [2.45, 2.75) is 6.17 Å². The van der Waals surface area contributed by atoms with Gasteiger partial charge >= 0.3 is 0 Å². The minimum absolute atomic E-state index is 0.387. The van der Waals surface area contributed by atoms with Crippen molar-refractivity contribution in [2.24, 2.45) is 9.98 Å². The lowest BCUT2D eigenvalue weighted by Gasteiger charge is -2.24. The molecule has 0 radical (unpaired) electrons. The van der Waals surface area contributed by atoms with Crippen LogP contribution in [0.3, 0.4) is 0 Å². The Bertz CT molecular complexity index is 4110. The topological polar surface area (TPSA) is 59.8 Å². The number of nitrogens with zero attached hydrogens (tertiary/aromatic N) is 4. The van der Waals surface area contributed by atoms with Crippen molar-refractivity contribution in [1.29, 1.82) is 0 Å². The van der Waals surface area contributed by atoms with E-state index >= 15 is 0 Å². The number of para-hydroxylation sites is 4. The lowest BCUT2D eigenvalue weighted by Crippen LogP contribution is -2.33. The van der Waals surface area contributed by atoms with Gasteiger partial charge in [0.2, 0.25) is 0 Å². The fraction of sp³-hybridized carbons (Fsp3) is 0.0175. The Morgan fingerprint density at radius 3 is 1.86 bits per heavy atom. The van der Waals surface area contributed by atoms with Crippen LogP contribution in [-0.4, -0.2) is 20.8 Å². The SMILES string of the molecule is c1ccc(C2=NC(c3cc(-n4c5ccccc5c5ccc6c7ccccc7n(-c7ccccc7)c6c54)c4c(c3)oc3ccccc34)=NC(c3ccc4c(c3)sc3ccccc34)N2)cc1. The zero-order valence-electron chi connectivity index (χ0n) is 34.2. The molecule has 1 unspecified atom stereocenters. The molecule has 300 valence electrons. The summed E-state index contributed by atoms with van der Waals surface area (Å²) >= 11 is 1.82. The van der Waals surface area contributed by atoms with Crippen LogP contribution in [0.5, 0.6) is 0 Å². The highest BCUT2D eigenvalue weighted by Gasteiger charge is 2.27. The molecule has 1 aliphatic heterocycles. The molecule has 6 nitrogen and oxygen atoms in total. The van der Waals surface area contributed by atoms with Gasteiger partial charge in [0.05, 0.1) is 33.1 Å². The highest BCUT2D eigenvalue weighted by Crippen LogP contribution is 2.45. The fourth-order valence-electron chi connectivity index (χ4n) is 10.1. The summed E-state index contributed by atoms with van der Waals surface area (Å²) in [6.07, 6.45) is -0.387. The van der Waals surface area contributed by atoms with E-state index in [9.17, 15) is 0 Å². The quantitative estimate of drug-likeness (QED) is 0.188. The molecule has 0 saturated heterocycles. The number of thiophene rings is 1. The standard InChI is InChI=1S/C57H35N5OS/c1-3-15-34(16-4-1)55-58-56(35-27-28-41-40-21-10-14-26-50(40)64-51(41)33-35)60-57(59-55)36-31-47(52-44-22-9-13-25-48(44)63-49(52)32-36)62-46-24-12-8-20-39(46)43-30-29-42-38-19-7-11-23-45(38)61(53(42)54(43)62)37-17-5-2-6-18-37/h1-33,56H,(H,58,59,60). The third-order valence-corrected chi connectivity index (χ3v) is 14.1. The normalized spacial score (nSPS) is 14.4. The van der Waals surface area contributed by atoms with E-state index in [1.807, 2.05) is 23.5 Å². The molecule has 0 amide bonds. The number of rotatable bonds is 5. The number of hydrogen-bond acceptors (Lipinski definition) is 5. The minimum Gasteiger partial charge on any atom is -0.456 e. The molecule has 0 aliphatic carbocycles. The van der Waals surface area contributed by atoms with E-state index in [0.29, 0.717) is 5.84 Å². The maximum Gasteiger partial charge on any atom is 0.159 e. The molecule has 1 aliphatic rings. The number of amidine groups is 2. The minimum atomic E-state index is -0.387. The van der Waals surface area contributed by atoms with Crippen LogP contribution in [0, 0.1) is 0 Å². The van der Waals surface area contributed by atoms with E-state index in [4.69, 9.17) is 14.4 Å². The average Bonchev–Trinajstić information content (AvgIpc) is 4.11. The van der Waals surface area contributed by atoms with Crippen molar-refractivity contribution in [1.82, 2.24) is 14.5 Å². The first kappa shape index (κ1) is 35.3. The Labute approximate surface area is 370 Å². The lowest BCUT2D eigenvalue weighted by atomic mass is 10.0. The highest BCUT2D eigenvalue weighted by atomic mass is 32.1. The number of benzene rings is 9. The van der Waals surface area contributed by atoms with E-state index in [0.717, 1.165) is 77.9 Å². The number of aliphatic imine (C=N–C) groups is 2. The second-order valence-electron chi connectivity index (χ2n) is 16.5. The van der Waals surface area contributed by atoms with E-state index in [1.54, 1.807) is 0 Å². The van der Waals surface area contributed by atoms with Gasteiger partial charge in [0.1, 0.15) is 23.2 Å². The van der Waals surface area contributed by atoms with E-state index in [-0.39, 0.29) is 6.17 Å². The van der Waals surface area contributed by atoms with Gasteiger partial charge in [-0.1, -0.05) is 146 Å². The van der Waals surface area contributed by atoms with Gasteiger partial charge in [0.15, 0.2) is 5.84 Å². The fourth-order valence-corrected chi connectivity index (χ4v) is 11.3. The van der Waals surface area contributed by atoms with Crippen LogP contribution in [0.25, 0.3) is 97.1 Å². The predicted octanol–water partition coefficient (Wildman–Crippen LogP) is 14.6. The van der Waals surface area contributed by atoms with Crippen LogP contribution in [0.4, 0.5) is 0 Å². The van der Waals surface area contributed by atoms with Gasteiger partial charge in [0.25, 0.3) is 0 Å². The lowest BCUT2D eigenvalue weighted by molar-refractivity contribution is 0.667. The van der Waals surface area contributed by atoms with E-state index in [2.05, 4.69) is 203 Å². The molecular formula is C57H35N5OS. The Morgan fingerprint density at radius 2 is 1.08 bits per heavy atom. The van der Waals surface area contributed by atoms with Crippen molar-refractivity contribution < 1.29 is 4.42 Å². The van der Waals surface area contributed by atoms with E-state index < -0.39 is 0 Å². The Kier molecular flexibility index (Phi) is 7.52. The van der Waals surface area contributed by atoms with Gasteiger partial charge in [-0.3, -0.25) is 0 Å². The third-order valence-electron chi connectivity index (χ3n) is 12.9. The van der Waals surface area contributed by atoms with Crippen LogP contribution in [0.1, 0.15) is 22.9 Å². The molecule has 0 fully saturated rings. The zero-order valence-corrected chi connectivity index (χ0v) is 35.1. The third kappa shape index (κ3) is 5.19. The van der Waals surface area contributed by atoms with Crippen molar-refractivity contribution >= 4 is 109 Å². The molecule has 0 bridgehead atoms. The van der Waals surface area contributed by atoms with Crippen molar-refractivity contribution in [3.05, 3.63) is 217 Å². The summed E-state index contributed by atoms with van der Waals surface area (Å²) in [6, 6.07) is 71.3. The summed E-state index contributed by atoms with van der Waals surface area (Å²) in [5.41, 5.74) is 11.2. The van der Waals surface area contributed by atoms with Crippen LogP contribution in [-0.2, 0) is 0 Å². The molecule has 0 spiro atoms. The molecule has 5 heterocycles. The predicted molar refractivity (Wildman–Crippen MR) is 267 cm³/mol. The second-order valence-corrected chi connectivity index (χ2v) is 17.6. The summed E-state index contributed by atoms with van der Waals surface area (Å²) in [6.45, 7) is 0. The van der Waals surface area contributed by atoms with Crippen molar-refractivity contribution in [3.8, 4) is 11.4 Å².